The van der Waals surface area contributed by atoms with Gasteiger partial charge in [0.05, 0.1) is 12.2 Å². The van der Waals surface area contributed by atoms with Gasteiger partial charge in [0.2, 0.25) is 0 Å². The van der Waals surface area contributed by atoms with Gasteiger partial charge < -0.3 is 4.74 Å². The summed E-state index contributed by atoms with van der Waals surface area (Å²) in [4.78, 5) is 11.2. The average molecular weight is 182 g/mol. The van der Waals surface area contributed by atoms with Crippen molar-refractivity contribution in [2.45, 2.75) is 46.3 Å². The minimum atomic E-state index is 0.0816. The van der Waals surface area contributed by atoms with Crippen LogP contribution in [0.3, 0.4) is 0 Å². The highest BCUT2D eigenvalue weighted by atomic mass is 16.5. The Morgan fingerprint density at radius 1 is 1.38 bits per heavy atom. The van der Waals surface area contributed by atoms with Crippen molar-refractivity contribution in [3.63, 3.8) is 0 Å². The van der Waals surface area contributed by atoms with Crippen LogP contribution in [0.4, 0.5) is 0 Å². The van der Waals surface area contributed by atoms with Crippen LogP contribution in [0.25, 0.3) is 0 Å². The molecule has 0 bridgehead atoms. The summed E-state index contributed by atoms with van der Waals surface area (Å²) in [6, 6.07) is 0. The monoisotopic (exact) mass is 182 g/mol. The highest BCUT2D eigenvalue weighted by Crippen LogP contribution is 2.28. The Balaban J connectivity index is 2.60. The van der Waals surface area contributed by atoms with Gasteiger partial charge in [-0.05, 0) is 34.1 Å². The second kappa shape index (κ2) is 4.05. The number of carbonyl (C=O) groups is 1. The molecule has 0 unspecified atom stereocenters. The van der Waals surface area contributed by atoms with Crippen molar-refractivity contribution < 1.29 is 9.53 Å². The van der Waals surface area contributed by atoms with Crippen LogP contribution in [0, 0.1) is 5.92 Å². The number of allylic oxidation sites excluding steroid dienone is 1. The summed E-state index contributed by atoms with van der Waals surface area (Å²) in [7, 11) is 0. The largest absolute Gasteiger partial charge is 0.370 e. The van der Waals surface area contributed by atoms with E-state index in [2.05, 4.69) is 19.9 Å². The van der Waals surface area contributed by atoms with Crippen molar-refractivity contribution in [3.8, 4) is 0 Å². The smallest absolute Gasteiger partial charge is 0.135 e. The highest BCUT2D eigenvalue weighted by molar-refractivity contribution is 5.79. The van der Waals surface area contributed by atoms with Crippen LogP contribution in [0.5, 0.6) is 0 Å². The van der Waals surface area contributed by atoms with Gasteiger partial charge >= 0.3 is 0 Å². The zero-order valence-electron chi connectivity index (χ0n) is 8.83. The van der Waals surface area contributed by atoms with Gasteiger partial charge in [0.15, 0.2) is 0 Å². The van der Waals surface area contributed by atoms with Gasteiger partial charge in [-0.3, -0.25) is 4.79 Å². The third kappa shape index (κ3) is 2.66. The number of hydrogen-bond donors (Lipinski definition) is 0. The standard InChI is InChI=1S/C11H18O2/c1-7(2)5-10-6-11(8(3)12)9(4)13-10/h5,9-11H,6H2,1-4H3/t9-,10-,11+/m1/s1. The minimum absolute atomic E-state index is 0.0816. The third-order valence-corrected chi connectivity index (χ3v) is 2.48. The highest BCUT2D eigenvalue weighted by Gasteiger charge is 2.33. The molecular formula is C11H18O2. The maximum atomic E-state index is 11.2. The molecule has 0 amide bonds. The molecule has 1 aliphatic heterocycles. The van der Waals surface area contributed by atoms with Gasteiger partial charge in [0, 0.05) is 5.92 Å². The van der Waals surface area contributed by atoms with E-state index in [1.54, 1.807) is 6.92 Å². The second-order valence-corrected chi connectivity index (χ2v) is 4.08. The van der Waals surface area contributed by atoms with Crippen molar-refractivity contribution in [2.24, 2.45) is 5.92 Å². The molecule has 0 aromatic rings. The Hall–Kier alpha value is -0.630. The van der Waals surface area contributed by atoms with Crippen LogP contribution < -0.4 is 0 Å². The fourth-order valence-corrected chi connectivity index (χ4v) is 1.84. The van der Waals surface area contributed by atoms with Crippen LogP contribution in [-0.4, -0.2) is 18.0 Å². The van der Waals surface area contributed by atoms with E-state index in [0.717, 1.165) is 6.42 Å². The lowest BCUT2D eigenvalue weighted by molar-refractivity contribution is -0.122. The maximum Gasteiger partial charge on any atom is 0.135 e. The quantitative estimate of drug-likeness (QED) is 0.613. The number of Topliss-reactive ketones (excluding diaryl/α,β-unsaturated/α-hetero) is 1. The van der Waals surface area contributed by atoms with Gasteiger partial charge in [0.1, 0.15) is 5.78 Å². The molecule has 1 aliphatic rings. The van der Waals surface area contributed by atoms with Gasteiger partial charge in [-0.25, -0.2) is 0 Å². The molecule has 2 nitrogen and oxygen atoms in total. The molecule has 13 heavy (non-hydrogen) atoms. The number of rotatable bonds is 2. The van der Waals surface area contributed by atoms with E-state index >= 15 is 0 Å². The van der Waals surface area contributed by atoms with Crippen LogP contribution in [0.15, 0.2) is 11.6 Å². The van der Waals surface area contributed by atoms with Crippen LogP contribution in [-0.2, 0) is 9.53 Å². The summed E-state index contributed by atoms with van der Waals surface area (Å²) in [5, 5.41) is 0. The van der Waals surface area contributed by atoms with Crippen molar-refractivity contribution in [1.29, 1.82) is 0 Å². The van der Waals surface area contributed by atoms with Gasteiger partial charge in [-0.15, -0.1) is 0 Å². The zero-order chi connectivity index (χ0) is 10.0. The van der Waals surface area contributed by atoms with Gasteiger partial charge in [0.25, 0.3) is 0 Å². The molecule has 0 N–H and O–H groups in total. The van der Waals surface area contributed by atoms with Crippen LogP contribution in [0.1, 0.15) is 34.1 Å². The molecule has 0 radical (unpaired) electrons. The number of carbonyl (C=O) groups excluding carboxylic acids is 1. The Bertz CT molecular complexity index is 226. The summed E-state index contributed by atoms with van der Waals surface area (Å²) >= 11 is 0. The summed E-state index contributed by atoms with van der Waals surface area (Å²) in [6.45, 7) is 7.73. The third-order valence-electron chi connectivity index (χ3n) is 2.48. The molecule has 1 fully saturated rings. The Morgan fingerprint density at radius 3 is 2.38 bits per heavy atom. The lowest BCUT2D eigenvalue weighted by atomic mass is 9.96. The Morgan fingerprint density at radius 2 is 2.00 bits per heavy atom. The molecular weight excluding hydrogens is 164 g/mol. The summed E-state index contributed by atoms with van der Waals surface area (Å²) < 4.78 is 5.65. The normalized spacial score (nSPS) is 33.1. The van der Waals surface area contributed by atoms with E-state index < -0.39 is 0 Å². The van der Waals surface area contributed by atoms with Gasteiger partial charge in [-0.1, -0.05) is 11.6 Å². The van der Waals surface area contributed by atoms with E-state index in [1.807, 2.05) is 6.92 Å². The van der Waals surface area contributed by atoms with E-state index in [9.17, 15) is 4.79 Å². The lowest BCUT2D eigenvalue weighted by Gasteiger charge is -2.08. The topological polar surface area (TPSA) is 26.3 Å². The number of ether oxygens (including phenoxy) is 1. The first-order valence-electron chi connectivity index (χ1n) is 4.81. The molecule has 1 saturated heterocycles. The molecule has 0 aromatic heterocycles. The Labute approximate surface area is 80.0 Å². The maximum absolute atomic E-state index is 11.2. The van der Waals surface area contributed by atoms with Crippen molar-refractivity contribution in [3.05, 3.63) is 11.6 Å². The summed E-state index contributed by atoms with van der Waals surface area (Å²) in [5.74, 6) is 0.345. The number of ketones is 1. The zero-order valence-corrected chi connectivity index (χ0v) is 8.83. The van der Waals surface area contributed by atoms with E-state index in [0.29, 0.717) is 0 Å². The first kappa shape index (κ1) is 10.5. The summed E-state index contributed by atoms with van der Waals surface area (Å²) in [6.07, 6.45) is 3.17. The fraction of sp³-hybridized carbons (Fsp3) is 0.727. The fourth-order valence-electron chi connectivity index (χ4n) is 1.84. The average Bonchev–Trinajstić information content (AvgIpc) is 2.29. The van der Waals surface area contributed by atoms with Crippen LogP contribution >= 0.6 is 0 Å². The molecule has 0 aromatic carbocycles. The van der Waals surface area contributed by atoms with Crippen LogP contribution in [0.2, 0.25) is 0 Å². The SMILES string of the molecule is CC(=O)[C@@H]1C[C@@H](C=C(C)C)O[C@@H]1C. The Kier molecular flexibility index (Phi) is 3.26. The predicted molar refractivity (Wildman–Crippen MR) is 52.6 cm³/mol. The molecule has 0 aliphatic carbocycles. The van der Waals surface area contributed by atoms with E-state index in [4.69, 9.17) is 4.74 Å². The summed E-state index contributed by atoms with van der Waals surface area (Å²) in [5.41, 5.74) is 1.25. The van der Waals surface area contributed by atoms with Crippen molar-refractivity contribution >= 4 is 5.78 Å². The van der Waals surface area contributed by atoms with E-state index in [1.165, 1.54) is 5.57 Å². The van der Waals surface area contributed by atoms with Crippen molar-refractivity contribution in [1.82, 2.24) is 0 Å². The predicted octanol–water partition coefficient (Wildman–Crippen LogP) is 2.34. The molecule has 1 heterocycles. The molecule has 3 atom stereocenters. The van der Waals surface area contributed by atoms with Gasteiger partial charge in [-0.2, -0.15) is 0 Å². The molecule has 0 spiro atoms. The first-order chi connectivity index (χ1) is 6.00. The number of hydrogen-bond acceptors (Lipinski definition) is 2. The molecule has 1 rings (SSSR count). The first-order valence-corrected chi connectivity index (χ1v) is 4.81. The minimum Gasteiger partial charge on any atom is -0.370 e. The molecule has 0 saturated carbocycles. The second-order valence-electron chi connectivity index (χ2n) is 4.08. The molecule has 2 heteroatoms. The molecule has 74 valence electrons. The lowest BCUT2D eigenvalue weighted by Crippen LogP contribution is -2.18. The van der Waals surface area contributed by atoms with E-state index in [-0.39, 0.29) is 23.9 Å². The van der Waals surface area contributed by atoms with Crippen molar-refractivity contribution in [2.75, 3.05) is 0 Å².